The molecule has 1 aliphatic rings. The summed E-state index contributed by atoms with van der Waals surface area (Å²) in [5, 5.41) is 0. The molecule has 2 N–H and O–H groups in total. The van der Waals surface area contributed by atoms with Gasteiger partial charge in [-0.25, -0.2) is 0 Å². The Hall–Kier alpha value is -1.26. The van der Waals surface area contributed by atoms with Gasteiger partial charge in [0.15, 0.2) is 11.5 Å². The third-order valence-electron chi connectivity index (χ3n) is 3.78. The molecule has 1 aromatic rings. The van der Waals surface area contributed by atoms with E-state index in [2.05, 4.69) is 13.0 Å². The number of hydrogen-bond donors (Lipinski definition) is 1. The fourth-order valence-electron chi connectivity index (χ4n) is 2.47. The van der Waals surface area contributed by atoms with Crippen LogP contribution in [0.1, 0.15) is 38.7 Å². The SMILES string of the molecule is CCOc1cc(CC(N)CC)ccc1OCC1CCCO1. The maximum absolute atomic E-state index is 6.02. The van der Waals surface area contributed by atoms with E-state index in [0.29, 0.717) is 13.2 Å². The highest BCUT2D eigenvalue weighted by Gasteiger charge is 2.17. The molecule has 1 aromatic carbocycles. The third kappa shape index (κ3) is 4.90. The fourth-order valence-corrected chi connectivity index (χ4v) is 2.47. The molecule has 0 aliphatic carbocycles. The molecule has 2 rings (SSSR count). The van der Waals surface area contributed by atoms with E-state index in [0.717, 1.165) is 43.8 Å². The second kappa shape index (κ2) is 8.25. The lowest BCUT2D eigenvalue weighted by molar-refractivity contribution is 0.0667. The predicted octanol–water partition coefficient (Wildman–Crippen LogP) is 2.92. The van der Waals surface area contributed by atoms with Crippen molar-refractivity contribution < 1.29 is 14.2 Å². The molecule has 0 saturated carbocycles. The molecule has 21 heavy (non-hydrogen) atoms. The summed E-state index contributed by atoms with van der Waals surface area (Å²) in [6.45, 7) is 6.15. The van der Waals surface area contributed by atoms with Gasteiger partial charge in [0.05, 0.1) is 12.7 Å². The van der Waals surface area contributed by atoms with Crippen LogP contribution in [-0.4, -0.2) is 32.0 Å². The predicted molar refractivity (Wildman–Crippen MR) is 84.1 cm³/mol. The van der Waals surface area contributed by atoms with E-state index in [1.807, 2.05) is 19.1 Å². The normalized spacial score (nSPS) is 19.5. The van der Waals surface area contributed by atoms with Gasteiger partial charge in [-0.1, -0.05) is 13.0 Å². The minimum atomic E-state index is 0.193. The maximum Gasteiger partial charge on any atom is 0.161 e. The van der Waals surface area contributed by atoms with E-state index in [1.165, 1.54) is 5.56 Å². The zero-order valence-electron chi connectivity index (χ0n) is 13.1. The summed E-state index contributed by atoms with van der Waals surface area (Å²) >= 11 is 0. The minimum Gasteiger partial charge on any atom is -0.490 e. The van der Waals surface area contributed by atoms with Crippen molar-refractivity contribution in [2.45, 2.75) is 51.7 Å². The Morgan fingerprint density at radius 1 is 1.29 bits per heavy atom. The van der Waals surface area contributed by atoms with Gasteiger partial charge in [0.2, 0.25) is 0 Å². The Labute approximate surface area is 127 Å². The van der Waals surface area contributed by atoms with Gasteiger partial charge in [-0.15, -0.1) is 0 Å². The number of benzene rings is 1. The van der Waals surface area contributed by atoms with Crippen molar-refractivity contribution in [3.63, 3.8) is 0 Å². The Morgan fingerprint density at radius 3 is 2.81 bits per heavy atom. The summed E-state index contributed by atoms with van der Waals surface area (Å²) in [5.41, 5.74) is 7.21. The van der Waals surface area contributed by atoms with Gasteiger partial charge in [-0.3, -0.25) is 0 Å². The minimum absolute atomic E-state index is 0.193. The number of ether oxygens (including phenoxy) is 3. The molecule has 0 spiro atoms. The zero-order chi connectivity index (χ0) is 15.1. The molecular weight excluding hydrogens is 266 g/mol. The molecule has 1 aliphatic heterocycles. The van der Waals surface area contributed by atoms with Crippen molar-refractivity contribution in [1.29, 1.82) is 0 Å². The highest BCUT2D eigenvalue weighted by atomic mass is 16.5. The summed E-state index contributed by atoms with van der Waals surface area (Å²) in [4.78, 5) is 0. The molecule has 2 atom stereocenters. The molecule has 4 nitrogen and oxygen atoms in total. The molecule has 0 aromatic heterocycles. The van der Waals surface area contributed by atoms with Crippen LogP contribution in [0.15, 0.2) is 18.2 Å². The van der Waals surface area contributed by atoms with Crippen LogP contribution in [0, 0.1) is 0 Å². The first-order chi connectivity index (χ1) is 10.2. The molecule has 0 radical (unpaired) electrons. The van der Waals surface area contributed by atoms with E-state index < -0.39 is 0 Å². The van der Waals surface area contributed by atoms with Gasteiger partial charge in [0.25, 0.3) is 0 Å². The van der Waals surface area contributed by atoms with Crippen molar-refractivity contribution in [2.75, 3.05) is 19.8 Å². The van der Waals surface area contributed by atoms with Gasteiger partial charge in [0, 0.05) is 12.6 Å². The first kappa shape index (κ1) is 16.1. The van der Waals surface area contributed by atoms with Crippen LogP contribution in [0.25, 0.3) is 0 Å². The highest BCUT2D eigenvalue weighted by Crippen LogP contribution is 2.29. The molecular formula is C17H27NO3. The lowest BCUT2D eigenvalue weighted by Crippen LogP contribution is -2.21. The highest BCUT2D eigenvalue weighted by molar-refractivity contribution is 5.43. The summed E-state index contributed by atoms with van der Waals surface area (Å²) in [7, 11) is 0. The molecule has 0 bridgehead atoms. The molecule has 4 heteroatoms. The first-order valence-electron chi connectivity index (χ1n) is 7.98. The number of hydrogen-bond acceptors (Lipinski definition) is 4. The largest absolute Gasteiger partial charge is 0.490 e. The van der Waals surface area contributed by atoms with Crippen molar-refractivity contribution >= 4 is 0 Å². The molecule has 1 fully saturated rings. The van der Waals surface area contributed by atoms with Crippen molar-refractivity contribution in [3.05, 3.63) is 23.8 Å². The summed E-state index contributed by atoms with van der Waals surface area (Å²) in [5.74, 6) is 1.59. The van der Waals surface area contributed by atoms with Gasteiger partial charge >= 0.3 is 0 Å². The lowest BCUT2D eigenvalue weighted by atomic mass is 10.0. The van der Waals surface area contributed by atoms with Gasteiger partial charge in [-0.05, 0) is 50.3 Å². The van der Waals surface area contributed by atoms with Crippen molar-refractivity contribution in [1.82, 2.24) is 0 Å². The van der Waals surface area contributed by atoms with Gasteiger partial charge in [0.1, 0.15) is 6.61 Å². The fraction of sp³-hybridized carbons (Fsp3) is 0.647. The smallest absolute Gasteiger partial charge is 0.161 e. The zero-order valence-corrected chi connectivity index (χ0v) is 13.1. The lowest BCUT2D eigenvalue weighted by Gasteiger charge is -2.16. The van der Waals surface area contributed by atoms with E-state index in [1.54, 1.807) is 0 Å². The van der Waals surface area contributed by atoms with Crippen LogP contribution in [-0.2, 0) is 11.2 Å². The Bertz CT molecular complexity index is 430. The van der Waals surface area contributed by atoms with E-state index in [4.69, 9.17) is 19.9 Å². The molecule has 118 valence electrons. The molecule has 1 saturated heterocycles. The van der Waals surface area contributed by atoms with Crippen LogP contribution in [0.3, 0.4) is 0 Å². The van der Waals surface area contributed by atoms with Crippen LogP contribution >= 0.6 is 0 Å². The standard InChI is InChI=1S/C17H27NO3/c1-3-14(18)10-13-7-8-16(17(11-13)19-4-2)21-12-15-6-5-9-20-15/h7-8,11,14-15H,3-6,9-10,12,18H2,1-2H3. The van der Waals surface area contributed by atoms with Crippen LogP contribution in [0.5, 0.6) is 11.5 Å². The van der Waals surface area contributed by atoms with Crippen LogP contribution in [0.4, 0.5) is 0 Å². The summed E-state index contributed by atoms with van der Waals surface area (Å²) < 4.78 is 17.2. The molecule has 1 heterocycles. The monoisotopic (exact) mass is 293 g/mol. The molecule has 0 amide bonds. The molecule has 2 unspecified atom stereocenters. The maximum atomic E-state index is 6.02. The number of rotatable bonds is 8. The van der Waals surface area contributed by atoms with E-state index >= 15 is 0 Å². The van der Waals surface area contributed by atoms with Gasteiger partial charge < -0.3 is 19.9 Å². The Morgan fingerprint density at radius 2 is 2.14 bits per heavy atom. The first-order valence-corrected chi connectivity index (χ1v) is 7.98. The summed E-state index contributed by atoms with van der Waals surface area (Å²) in [6.07, 6.45) is 4.25. The average molecular weight is 293 g/mol. The second-order valence-corrected chi connectivity index (χ2v) is 5.53. The van der Waals surface area contributed by atoms with E-state index in [9.17, 15) is 0 Å². The third-order valence-corrected chi connectivity index (χ3v) is 3.78. The Kier molecular flexibility index (Phi) is 6.33. The average Bonchev–Trinajstić information content (AvgIpc) is 3.00. The number of nitrogens with two attached hydrogens (primary N) is 1. The van der Waals surface area contributed by atoms with Crippen LogP contribution < -0.4 is 15.2 Å². The van der Waals surface area contributed by atoms with Crippen LogP contribution in [0.2, 0.25) is 0 Å². The van der Waals surface area contributed by atoms with Gasteiger partial charge in [-0.2, -0.15) is 0 Å². The quantitative estimate of drug-likeness (QED) is 0.800. The summed E-state index contributed by atoms with van der Waals surface area (Å²) in [6, 6.07) is 6.29. The Balaban J connectivity index is 2.01. The van der Waals surface area contributed by atoms with Crippen molar-refractivity contribution in [2.24, 2.45) is 5.73 Å². The second-order valence-electron chi connectivity index (χ2n) is 5.53. The van der Waals surface area contributed by atoms with Crippen molar-refractivity contribution in [3.8, 4) is 11.5 Å². The topological polar surface area (TPSA) is 53.7 Å². The van der Waals surface area contributed by atoms with E-state index in [-0.39, 0.29) is 12.1 Å².